The van der Waals surface area contributed by atoms with Gasteiger partial charge >= 0.3 is 11.9 Å². The molecule has 4 aromatic rings. The molecule has 6 rings (SSSR count). The second-order valence-electron chi connectivity index (χ2n) is 11.0. The number of carbonyl (C=O) groups excluding carboxylic acids is 3. The summed E-state index contributed by atoms with van der Waals surface area (Å²) in [6, 6.07) is 19.9. The highest BCUT2D eigenvalue weighted by Crippen LogP contribution is 2.61. The van der Waals surface area contributed by atoms with Gasteiger partial charge in [0.1, 0.15) is 0 Å². The summed E-state index contributed by atoms with van der Waals surface area (Å²) in [4.78, 5) is 66.1. The smallest absolute Gasteiger partial charge is 0.322 e. The minimum atomic E-state index is -1.87. The zero-order chi connectivity index (χ0) is 30.7. The third-order valence-corrected chi connectivity index (χ3v) is 8.57. The van der Waals surface area contributed by atoms with Gasteiger partial charge in [0.15, 0.2) is 16.6 Å². The molecule has 2 aliphatic rings. The number of carbonyl (C=O) groups is 3. The van der Waals surface area contributed by atoms with E-state index < -0.39 is 40.6 Å². The summed E-state index contributed by atoms with van der Waals surface area (Å²) in [7, 11) is 2.51. The number of hydrogen-bond acceptors (Lipinski definition) is 11. The normalized spacial score (nSPS) is 25.3. The van der Waals surface area contributed by atoms with Crippen molar-refractivity contribution in [2.75, 3.05) is 27.3 Å². The number of rotatable bonds is 8. The van der Waals surface area contributed by atoms with E-state index in [1.165, 1.54) is 14.2 Å². The largest absolute Gasteiger partial charge is 0.468 e. The molecule has 11 nitrogen and oxygen atoms in total. The first kappa shape index (κ1) is 29.2. The quantitative estimate of drug-likeness (QED) is 0.221. The second kappa shape index (κ2) is 12.0. The molecule has 4 atom stereocenters. The molecule has 0 amide bonds. The zero-order valence-electron chi connectivity index (χ0n) is 24.4. The fraction of sp³-hybridized carbons (Fsp3) is 0.303. The molecule has 0 aromatic carbocycles. The summed E-state index contributed by atoms with van der Waals surface area (Å²) in [5.74, 6) is -2.10. The van der Waals surface area contributed by atoms with Gasteiger partial charge in [-0.3, -0.25) is 44.1 Å². The van der Waals surface area contributed by atoms with Gasteiger partial charge in [-0.1, -0.05) is 24.3 Å². The predicted octanol–water partition coefficient (Wildman–Crippen LogP) is 2.97. The standard InChI is InChI=1S/C33H32N6O5/c1-43-30(41)32-21-38(19-23-11-3-7-15-34-23)22-33(29(32)40,31(42)44-2)28(26-14-6-10-18-37-26)39(20-24-12-4-8-16-35-24)27(32)25-13-5-9-17-36-25/h3-18,27-28H,19-22H2,1-2H3. The molecule has 6 heterocycles. The summed E-state index contributed by atoms with van der Waals surface area (Å²) in [6.07, 6.45) is 6.60. The molecule has 2 saturated heterocycles. The van der Waals surface area contributed by atoms with E-state index in [2.05, 4.69) is 19.9 Å². The van der Waals surface area contributed by atoms with E-state index in [1.54, 1.807) is 49.1 Å². The highest BCUT2D eigenvalue weighted by Gasteiger charge is 2.75. The number of aromatic nitrogens is 4. The Morgan fingerprint density at radius 1 is 0.682 bits per heavy atom. The van der Waals surface area contributed by atoms with Crippen LogP contribution in [0, 0.1) is 10.8 Å². The van der Waals surface area contributed by atoms with E-state index >= 15 is 4.79 Å². The van der Waals surface area contributed by atoms with E-state index in [0.717, 1.165) is 0 Å². The van der Waals surface area contributed by atoms with E-state index in [9.17, 15) is 9.59 Å². The Bertz CT molecular complexity index is 1550. The van der Waals surface area contributed by atoms with Gasteiger partial charge in [-0.25, -0.2) is 0 Å². The Labute approximate surface area is 254 Å². The third kappa shape index (κ3) is 4.74. The summed E-state index contributed by atoms with van der Waals surface area (Å²) in [5, 5.41) is 0. The number of ketones is 1. The van der Waals surface area contributed by atoms with Crippen molar-refractivity contribution in [2.24, 2.45) is 10.8 Å². The van der Waals surface area contributed by atoms with Crippen LogP contribution in [0.5, 0.6) is 0 Å². The fourth-order valence-electron chi connectivity index (χ4n) is 6.96. The van der Waals surface area contributed by atoms with Gasteiger partial charge in [0.2, 0.25) is 0 Å². The predicted molar refractivity (Wildman–Crippen MR) is 157 cm³/mol. The Kier molecular flexibility index (Phi) is 7.98. The van der Waals surface area contributed by atoms with Gasteiger partial charge in [0.05, 0.1) is 49.1 Å². The van der Waals surface area contributed by atoms with Crippen LogP contribution in [-0.4, -0.2) is 74.8 Å². The molecule has 224 valence electrons. The molecule has 0 aliphatic carbocycles. The molecule has 0 radical (unpaired) electrons. The van der Waals surface area contributed by atoms with E-state index in [1.807, 2.05) is 58.3 Å². The van der Waals surface area contributed by atoms with Crippen LogP contribution < -0.4 is 0 Å². The molecule has 0 spiro atoms. The highest BCUT2D eigenvalue weighted by molar-refractivity contribution is 6.17. The maximum absolute atomic E-state index is 15.3. The molecule has 0 saturated carbocycles. The fourth-order valence-corrected chi connectivity index (χ4v) is 6.96. The maximum atomic E-state index is 15.3. The average Bonchev–Trinajstić information content (AvgIpc) is 3.07. The lowest BCUT2D eigenvalue weighted by Crippen LogP contribution is -2.75. The molecule has 2 aliphatic heterocycles. The maximum Gasteiger partial charge on any atom is 0.322 e. The number of ether oxygens (including phenoxy) is 2. The van der Waals surface area contributed by atoms with Crippen molar-refractivity contribution in [1.82, 2.24) is 29.7 Å². The molecule has 11 heteroatoms. The molecule has 44 heavy (non-hydrogen) atoms. The molecule has 4 unspecified atom stereocenters. The Balaban J connectivity index is 1.67. The lowest BCUT2D eigenvalue weighted by molar-refractivity contribution is -0.207. The number of hydrogen-bond donors (Lipinski definition) is 0. The number of esters is 2. The minimum Gasteiger partial charge on any atom is -0.468 e. The van der Waals surface area contributed by atoms with Crippen molar-refractivity contribution in [3.05, 3.63) is 120 Å². The van der Waals surface area contributed by atoms with Crippen molar-refractivity contribution in [3.63, 3.8) is 0 Å². The lowest BCUT2D eigenvalue weighted by Gasteiger charge is -2.61. The van der Waals surface area contributed by atoms with Crippen LogP contribution in [0.25, 0.3) is 0 Å². The van der Waals surface area contributed by atoms with Gasteiger partial charge in [-0.05, 0) is 48.5 Å². The second-order valence-corrected chi connectivity index (χ2v) is 11.0. The monoisotopic (exact) mass is 592 g/mol. The van der Waals surface area contributed by atoms with Crippen molar-refractivity contribution >= 4 is 17.7 Å². The first-order valence-electron chi connectivity index (χ1n) is 14.3. The van der Waals surface area contributed by atoms with Crippen molar-refractivity contribution in [3.8, 4) is 0 Å². The Morgan fingerprint density at radius 2 is 1.11 bits per heavy atom. The third-order valence-electron chi connectivity index (χ3n) is 8.57. The summed E-state index contributed by atoms with van der Waals surface area (Å²) < 4.78 is 10.9. The lowest BCUT2D eigenvalue weighted by atomic mass is 9.54. The van der Waals surface area contributed by atoms with Crippen LogP contribution in [0.2, 0.25) is 0 Å². The number of nitrogens with zero attached hydrogens (tertiary/aromatic N) is 6. The molecular weight excluding hydrogens is 560 g/mol. The minimum absolute atomic E-state index is 0.0390. The van der Waals surface area contributed by atoms with Crippen LogP contribution in [0.4, 0.5) is 0 Å². The highest BCUT2D eigenvalue weighted by atomic mass is 16.5. The topological polar surface area (TPSA) is 128 Å². The first-order valence-corrected chi connectivity index (χ1v) is 14.3. The molecule has 0 N–H and O–H groups in total. The zero-order valence-corrected chi connectivity index (χ0v) is 24.4. The van der Waals surface area contributed by atoms with Crippen molar-refractivity contribution in [1.29, 1.82) is 0 Å². The van der Waals surface area contributed by atoms with Gasteiger partial charge < -0.3 is 9.47 Å². The van der Waals surface area contributed by atoms with Crippen molar-refractivity contribution in [2.45, 2.75) is 25.2 Å². The van der Waals surface area contributed by atoms with Crippen LogP contribution in [0.15, 0.2) is 97.6 Å². The number of pyridine rings is 4. The number of piperidine rings is 2. The first-order chi connectivity index (χ1) is 21.5. The number of likely N-dealkylation sites (tertiary alicyclic amines) is 2. The van der Waals surface area contributed by atoms with Crippen LogP contribution in [0.1, 0.15) is 34.9 Å². The number of methoxy groups -OCH3 is 2. The van der Waals surface area contributed by atoms with Crippen LogP contribution in [-0.2, 0) is 36.9 Å². The van der Waals surface area contributed by atoms with Crippen LogP contribution in [0.3, 0.4) is 0 Å². The van der Waals surface area contributed by atoms with E-state index in [-0.39, 0.29) is 26.2 Å². The average molecular weight is 593 g/mol. The van der Waals surface area contributed by atoms with Gasteiger partial charge in [0, 0.05) is 51.0 Å². The van der Waals surface area contributed by atoms with E-state index in [0.29, 0.717) is 22.8 Å². The SMILES string of the molecule is COC(=O)C12CN(Cc3ccccn3)CC(C(=O)OC)(C1=O)C(c1ccccn1)N(Cc1ccccn1)C2c1ccccn1. The van der Waals surface area contributed by atoms with Gasteiger partial charge in [-0.15, -0.1) is 0 Å². The Morgan fingerprint density at radius 3 is 1.50 bits per heavy atom. The molecular formula is C33H32N6O5. The molecule has 4 aromatic heterocycles. The van der Waals surface area contributed by atoms with E-state index in [4.69, 9.17) is 9.47 Å². The number of fused-ring (bicyclic) bond motifs is 2. The summed E-state index contributed by atoms with van der Waals surface area (Å²) >= 11 is 0. The van der Waals surface area contributed by atoms with Crippen LogP contribution >= 0.6 is 0 Å². The van der Waals surface area contributed by atoms with Gasteiger partial charge in [0.25, 0.3) is 0 Å². The van der Waals surface area contributed by atoms with Crippen molar-refractivity contribution < 1.29 is 23.9 Å². The summed E-state index contributed by atoms with van der Waals surface area (Å²) in [6.45, 7) is 0.371. The molecule has 2 fully saturated rings. The molecule has 2 bridgehead atoms. The Hall–Kier alpha value is -4.87. The summed E-state index contributed by atoms with van der Waals surface area (Å²) in [5.41, 5.74) is -1.40. The van der Waals surface area contributed by atoms with Gasteiger partial charge in [-0.2, -0.15) is 0 Å². The number of Topliss-reactive ketones (excluding diaryl/α,β-unsaturated/α-hetero) is 1.